The third kappa shape index (κ3) is 4.59. The van der Waals surface area contributed by atoms with Crippen LogP contribution >= 0.6 is 0 Å². The van der Waals surface area contributed by atoms with Gasteiger partial charge in [0.1, 0.15) is 0 Å². The Morgan fingerprint density at radius 2 is 1.81 bits per heavy atom. The second kappa shape index (κ2) is 6.61. The second-order valence-corrected chi connectivity index (χ2v) is 3.55. The first kappa shape index (κ1) is 12.2. The number of carbonyl (C=O) groups excluding carboxylic acids is 2. The summed E-state index contributed by atoms with van der Waals surface area (Å²) in [5.41, 5.74) is 5.65. The molecule has 1 aromatic carbocycles. The van der Waals surface area contributed by atoms with Crippen LogP contribution in [0.15, 0.2) is 30.3 Å². The summed E-state index contributed by atoms with van der Waals surface area (Å²) in [4.78, 5) is 22.0. The highest BCUT2D eigenvalue weighted by molar-refractivity contribution is 5.94. The van der Waals surface area contributed by atoms with Crippen LogP contribution in [-0.4, -0.2) is 18.4 Å². The van der Waals surface area contributed by atoms with E-state index in [4.69, 9.17) is 5.73 Å². The number of nitrogens with one attached hydrogen (secondary N) is 1. The van der Waals surface area contributed by atoms with Crippen molar-refractivity contribution in [2.45, 2.75) is 19.3 Å². The molecule has 0 saturated heterocycles. The number of amides is 2. The molecular formula is C12H16N2O2. The second-order valence-electron chi connectivity index (χ2n) is 3.55. The van der Waals surface area contributed by atoms with E-state index in [2.05, 4.69) is 5.32 Å². The lowest BCUT2D eigenvalue weighted by Gasteiger charge is -2.04. The monoisotopic (exact) mass is 220 g/mol. The number of primary amides is 1. The van der Waals surface area contributed by atoms with Gasteiger partial charge in [-0.25, -0.2) is 0 Å². The Morgan fingerprint density at radius 1 is 1.12 bits per heavy atom. The molecule has 2 amide bonds. The summed E-state index contributed by atoms with van der Waals surface area (Å²) in [7, 11) is 0. The van der Waals surface area contributed by atoms with Crippen molar-refractivity contribution in [2.24, 2.45) is 5.73 Å². The van der Waals surface area contributed by atoms with Crippen molar-refractivity contribution >= 4 is 11.8 Å². The number of unbranched alkanes of at least 4 members (excludes halogenated alkanes) is 1. The van der Waals surface area contributed by atoms with Crippen LogP contribution in [0.2, 0.25) is 0 Å². The zero-order valence-corrected chi connectivity index (χ0v) is 9.11. The van der Waals surface area contributed by atoms with Gasteiger partial charge in [-0.05, 0) is 25.0 Å². The quantitative estimate of drug-likeness (QED) is 0.704. The summed E-state index contributed by atoms with van der Waals surface area (Å²) in [5.74, 6) is -0.380. The molecule has 1 rings (SSSR count). The zero-order valence-electron chi connectivity index (χ0n) is 9.11. The number of carbonyl (C=O) groups is 2. The predicted molar refractivity (Wildman–Crippen MR) is 61.8 cm³/mol. The molecular weight excluding hydrogens is 204 g/mol. The first-order chi connectivity index (χ1) is 7.70. The fourth-order valence-electron chi connectivity index (χ4n) is 1.32. The molecule has 1 aromatic rings. The maximum Gasteiger partial charge on any atom is 0.251 e. The molecule has 0 aromatic heterocycles. The number of benzene rings is 1. The maximum atomic E-state index is 11.5. The Bertz CT molecular complexity index is 349. The van der Waals surface area contributed by atoms with Crippen molar-refractivity contribution in [3.05, 3.63) is 35.9 Å². The lowest BCUT2D eigenvalue weighted by Crippen LogP contribution is -2.24. The van der Waals surface area contributed by atoms with Crippen molar-refractivity contribution in [3.63, 3.8) is 0 Å². The lowest BCUT2D eigenvalue weighted by molar-refractivity contribution is -0.118. The molecule has 0 aliphatic heterocycles. The van der Waals surface area contributed by atoms with E-state index < -0.39 is 0 Å². The summed E-state index contributed by atoms with van der Waals surface area (Å²) in [6.45, 7) is 0.570. The van der Waals surface area contributed by atoms with Gasteiger partial charge in [-0.15, -0.1) is 0 Å². The molecule has 4 heteroatoms. The molecule has 0 heterocycles. The summed E-state index contributed by atoms with van der Waals surface area (Å²) in [5, 5.41) is 2.78. The minimum absolute atomic E-state index is 0.0836. The van der Waals surface area contributed by atoms with E-state index in [0.29, 0.717) is 24.9 Å². The summed E-state index contributed by atoms with van der Waals surface area (Å²) < 4.78 is 0. The van der Waals surface area contributed by atoms with Gasteiger partial charge >= 0.3 is 0 Å². The van der Waals surface area contributed by atoms with Gasteiger partial charge in [0.25, 0.3) is 5.91 Å². The normalized spacial score (nSPS) is 9.75. The Kier molecular flexibility index (Phi) is 5.05. The van der Waals surface area contributed by atoms with Crippen molar-refractivity contribution in [3.8, 4) is 0 Å². The van der Waals surface area contributed by atoms with Crippen LogP contribution in [-0.2, 0) is 4.79 Å². The van der Waals surface area contributed by atoms with E-state index in [1.165, 1.54) is 0 Å². The highest BCUT2D eigenvalue weighted by Crippen LogP contribution is 1.98. The smallest absolute Gasteiger partial charge is 0.251 e. The van der Waals surface area contributed by atoms with Gasteiger partial charge in [0.05, 0.1) is 0 Å². The topological polar surface area (TPSA) is 72.2 Å². The maximum absolute atomic E-state index is 11.5. The fraction of sp³-hybridized carbons (Fsp3) is 0.333. The van der Waals surface area contributed by atoms with Crippen molar-refractivity contribution in [2.75, 3.05) is 6.54 Å². The Morgan fingerprint density at radius 3 is 2.44 bits per heavy atom. The molecule has 0 unspecified atom stereocenters. The van der Waals surface area contributed by atoms with Crippen LogP contribution in [0.5, 0.6) is 0 Å². The zero-order chi connectivity index (χ0) is 11.8. The first-order valence-electron chi connectivity index (χ1n) is 5.31. The van der Waals surface area contributed by atoms with Gasteiger partial charge in [0, 0.05) is 18.5 Å². The number of nitrogens with two attached hydrogens (primary N) is 1. The van der Waals surface area contributed by atoms with Crippen LogP contribution in [0.1, 0.15) is 29.6 Å². The first-order valence-corrected chi connectivity index (χ1v) is 5.31. The molecule has 0 aliphatic rings. The molecule has 0 spiro atoms. The Balaban J connectivity index is 2.19. The number of hydrogen-bond donors (Lipinski definition) is 2. The SMILES string of the molecule is NC(=O)CCCCNC(=O)c1ccccc1. The van der Waals surface area contributed by atoms with Crippen molar-refractivity contribution < 1.29 is 9.59 Å². The van der Waals surface area contributed by atoms with Gasteiger partial charge in [0.2, 0.25) is 5.91 Å². The predicted octanol–water partition coefficient (Wildman–Crippen LogP) is 1.07. The summed E-state index contributed by atoms with van der Waals surface area (Å²) in [6, 6.07) is 9.03. The van der Waals surface area contributed by atoms with Crippen LogP contribution in [0.3, 0.4) is 0 Å². The molecule has 0 fully saturated rings. The molecule has 0 atom stereocenters. The average molecular weight is 220 g/mol. The van der Waals surface area contributed by atoms with E-state index in [-0.39, 0.29) is 11.8 Å². The lowest BCUT2D eigenvalue weighted by atomic mass is 10.2. The molecule has 86 valence electrons. The third-order valence-electron chi connectivity index (χ3n) is 2.17. The van der Waals surface area contributed by atoms with Crippen molar-refractivity contribution in [1.29, 1.82) is 0 Å². The third-order valence-corrected chi connectivity index (χ3v) is 2.17. The molecule has 3 N–H and O–H groups in total. The molecule has 0 saturated carbocycles. The van der Waals surface area contributed by atoms with Crippen LogP contribution in [0, 0.1) is 0 Å². The summed E-state index contributed by atoms with van der Waals surface area (Å²) in [6.07, 6.45) is 1.85. The van der Waals surface area contributed by atoms with Gasteiger partial charge in [0.15, 0.2) is 0 Å². The minimum Gasteiger partial charge on any atom is -0.370 e. The highest BCUT2D eigenvalue weighted by Gasteiger charge is 2.02. The largest absolute Gasteiger partial charge is 0.370 e. The molecule has 0 bridgehead atoms. The standard InChI is InChI=1S/C12H16N2O2/c13-11(15)8-4-5-9-14-12(16)10-6-2-1-3-7-10/h1-3,6-7H,4-5,8-9H2,(H2,13,15)(H,14,16). The average Bonchev–Trinajstić information content (AvgIpc) is 2.29. The fourth-order valence-corrected chi connectivity index (χ4v) is 1.32. The molecule has 0 radical (unpaired) electrons. The Hall–Kier alpha value is -1.84. The van der Waals surface area contributed by atoms with E-state index in [1.807, 2.05) is 18.2 Å². The Labute approximate surface area is 94.8 Å². The van der Waals surface area contributed by atoms with E-state index in [9.17, 15) is 9.59 Å². The molecule has 4 nitrogen and oxygen atoms in total. The van der Waals surface area contributed by atoms with E-state index >= 15 is 0 Å². The van der Waals surface area contributed by atoms with E-state index in [0.717, 1.165) is 6.42 Å². The number of rotatable bonds is 6. The van der Waals surface area contributed by atoms with Crippen LogP contribution in [0.4, 0.5) is 0 Å². The van der Waals surface area contributed by atoms with Gasteiger partial charge in [-0.3, -0.25) is 9.59 Å². The highest BCUT2D eigenvalue weighted by atomic mass is 16.2. The molecule has 0 aliphatic carbocycles. The van der Waals surface area contributed by atoms with Crippen LogP contribution in [0.25, 0.3) is 0 Å². The minimum atomic E-state index is -0.297. The van der Waals surface area contributed by atoms with Crippen LogP contribution < -0.4 is 11.1 Å². The van der Waals surface area contributed by atoms with Crippen molar-refractivity contribution in [1.82, 2.24) is 5.32 Å². The van der Waals surface area contributed by atoms with Gasteiger partial charge in [-0.1, -0.05) is 18.2 Å². The molecule has 16 heavy (non-hydrogen) atoms. The van der Waals surface area contributed by atoms with Gasteiger partial charge in [-0.2, -0.15) is 0 Å². The number of hydrogen-bond acceptors (Lipinski definition) is 2. The van der Waals surface area contributed by atoms with Gasteiger partial charge < -0.3 is 11.1 Å². The summed E-state index contributed by atoms with van der Waals surface area (Å²) >= 11 is 0. The van der Waals surface area contributed by atoms with E-state index in [1.54, 1.807) is 12.1 Å².